The first-order valence-electron chi connectivity index (χ1n) is 6.50. The van der Waals surface area contributed by atoms with E-state index in [-0.39, 0.29) is 0 Å². The standard InChI is InChI=1S/C15H22N2/c1-4-14(11(2)3)16-9-12-10-17-15-8-6-5-7-13(12)15/h5-8,10-11,14,16-17H,4,9H2,1-3H3. The number of nitrogens with one attached hydrogen (secondary N) is 2. The van der Waals surface area contributed by atoms with Gasteiger partial charge in [-0.1, -0.05) is 39.0 Å². The molecule has 0 saturated carbocycles. The number of hydrogen-bond donors (Lipinski definition) is 2. The molecule has 1 aromatic heterocycles. The molecule has 2 aromatic rings. The van der Waals surface area contributed by atoms with E-state index in [1.54, 1.807) is 0 Å². The van der Waals surface area contributed by atoms with E-state index in [2.05, 4.69) is 61.5 Å². The summed E-state index contributed by atoms with van der Waals surface area (Å²) in [6.45, 7) is 7.74. The second-order valence-corrected chi connectivity index (χ2v) is 5.00. The van der Waals surface area contributed by atoms with Gasteiger partial charge in [-0.3, -0.25) is 0 Å². The molecule has 1 unspecified atom stereocenters. The van der Waals surface area contributed by atoms with E-state index in [1.807, 2.05) is 0 Å². The minimum atomic E-state index is 0.601. The van der Waals surface area contributed by atoms with Crippen LogP contribution in [0.1, 0.15) is 32.8 Å². The fourth-order valence-electron chi connectivity index (χ4n) is 2.37. The largest absolute Gasteiger partial charge is 0.361 e. The molecule has 0 spiro atoms. The molecule has 0 aliphatic carbocycles. The topological polar surface area (TPSA) is 27.8 Å². The lowest BCUT2D eigenvalue weighted by Gasteiger charge is -2.20. The number of para-hydroxylation sites is 1. The van der Waals surface area contributed by atoms with Gasteiger partial charge in [0.25, 0.3) is 0 Å². The minimum absolute atomic E-state index is 0.601. The van der Waals surface area contributed by atoms with Gasteiger partial charge in [0.1, 0.15) is 0 Å². The highest BCUT2D eigenvalue weighted by molar-refractivity contribution is 5.82. The van der Waals surface area contributed by atoms with Crippen molar-refractivity contribution in [2.45, 2.75) is 39.8 Å². The van der Waals surface area contributed by atoms with Crippen molar-refractivity contribution in [3.05, 3.63) is 36.0 Å². The number of hydrogen-bond acceptors (Lipinski definition) is 1. The molecule has 1 atom stereocenters. The Kier molecular flexibility index (Phi) is 3.85. The number of H-pyrrole nitrogens is 1. The average Bonchev–Trinajstić information content (AvgIpc) is 2.73. The molecule has 0 aliphatic rings. The highest BCUT2D eigenvalue weighted by atomic mass is 14.9. The molecule has 0 radical (unpaired) electrons. The minimum Gasteiger partial charge on any atom is -0.361 e. The fourth-order valence-corrected chi connectivity index (χ4v) is 2.37. The lowest BCUT2D eigenvalue weighted by atomic mass is 10.0. The summed E-state index contributed by atoms with van der Waals surface area (Å²) in [5, 5.41) is 4.98. The van der Waals surface area contributed by atoms with Crippen LogP contribution >= 0.6 is 0 Å². The van der Waals surface area contributed by atoms with Gasteiger partial charge in [-0.2, -0.15) is 0 Å². The van der Waals surface area contributed by atoms with Crippen LogP contribution in [-0.4, -0.2) is 11.0 Å². The molecule has 0 aliphatic heterocycles. The maximum atomic E-state index is 3.64. The van der Waals surface area contributed by atoms with Gasteiger partial charge >= 0.3 is 0 Å². The van der Waals surface area contributed by atoms with Gasteiger partial charge in [0.15, 0.2) is 0 Å². The highest BCUT2D eigenvalue weighted by Crippen LogP contribution is 2.18. The first-order chi connectivity index (χ1) is 8.22. The van der Waals surface area contributed by atoms with Crippen LogP contribution in [0.15, 0.2) is 30.5 Å². The Morgan fingerprint density at radius 1 is 1.24 bits per heavy atom. The summed E-state index contributed by atoms with van der Waals surface area (Å²) >= 11 is 0. The van der Waals surface area contributed by atoms with Crippen molar-refractivity contribution in [2.75, 3.05) is 0 Å². The average molecular weight is 230 g/mol. The highest BCUT2D eigenvalue weighted by Gasteiger charge is 2.11. The van der Waals surface area contributed by atoms with Gasteiger partial charge < -0.3 is 10.3 Å². The summed E-state index contributed by atoms with van der Waals surface area (Å²) in [6, 6.07) is 9.07. The third-order valence-corrected chi connectivity index (χ3v) is 3.47. The smallest absolute Gasteiger partial charge is 0.0457 e. The maximum Gasteiger partial charge on any atom is 0.0457 e. The number of benzene rings is 1. The zero-order valence-electron chi connectivity index (χ0n) is 11.0. The van der Waals surface area contributed by atoms with Crippen molar-refractivity contribution < 1.29 is 0 Å². The molecular formula is C15H22N2. The zero-order valence-corrected chi connectivity index (χ0v) is 11.0. The van der Waals surface area contributed by atoms with E-state index in [0.29, 0.717) is 12.0 Å². The third-order valence-electron chi connectivity index (χ3n) is 3.47. The van der Waals surface area contributed by atoms with Gasteiger partial charge in [-0.05, 0) is 24.0 Å². The van der Waals surface area contributed by atoms with Gasteiger partial charge in [0, 0.05) is 29.7 Å². The molecule has 0 amide bonds. The third kappa shape index (κ3) is 2.70. The lowest BCUT2D eigenvalue weighted by molar-refractivity contribution is 0.388. The molecule has 17 heavy (non-hydrogen) atoms. The SMILES string of the molecule is CCC(NCc1c[nH]c2ccccc12)C(C)C. The van der Waals surface area contributed by atoms with Crippen molar-refractivity contribution in [1.29, 1.82) is 0 Å². The van der Waals surface area contributed by atoms with Crippen LogP contribution in [0.4, 0.5) is 0 Å². The predicted octanol–water partition coefficient (Wildman–Crippen LogP) is 3.69. The monoisotopic (exact) mass is 230 g/mol. The predicted molar refractivity (Wildman–Crippen MR) is 74.1 cm³/mol. The first kappa shape index (κ1) is 12.2. The summed E-state index contributed by atoms with van der Waals surface area (Å²) in [5.74, 6) is 0.685. The molecule has 1 aromatic carbocycles. The van der Waals surface area contributed by atoms with Crippen LogP contribution in [-0.2, 0) is 6.54 Å². The van der Waals surface area contributed by atoms with Gasteiger partial charge in [-0.15, -0.1) is 0 Å². The molecule has 92 valence electrons. The van der Waals surface area contributed by atoms with Crippen LogP contribution in [0.25, 0.3) is 10.9 Å². The first-order valence-corrected chi connectivity index (χ1v) is 6.50. The van der Waals surface area contributed by atoms with E-state index in [1.165, 1.54) is 22.9 Å². The van der Waals surface area contributed by atoms with Crippen molar-refractivity contribution in [3.63, 3.8) is 0 Å². The lowest BCUT2D eigenvalue weighted by Crippen LogP contribution is -2.32. The second-order valence-electron chi connectivity index (χ2n) is 5.00. The zero-order chi connectivity index (χ0) is 12.3. The maximum absolute atomic E-state index is 3.64. The Balaban J connectivity index is 2.08. The normalized spacial score (nSPS) is 13.4. The molecule has 0 saturated heterocycles. The number of rotatable bonds is 5. The van der Waals surface area contributed by atoms with Crippen LogP contribution in [0.2, 0.25) is 0 Å². The molecule has 2 rings (SSSR count). The van der Waals surface area contributed by atoms with Crippen molar-refractivity contribution in [3.8, 4) is 0 Å². The van der Waals surface area contributed by atoms with E-state index in [4.69, 9.17) is 0 Å². The van der Waals surface area contributed by atoms with E-state index in [9.17, 15) is 0 Å². The molecule has 0 fully saturated rings. The van der Waals surface area contributed by atoms with Crippen LogP contribution < -0.4 is 5.32 Å². The summed E-state index contributed by atoms with van der Waals surface area (Å²) < 4.78 is 0. The molecule has 2 nitrogen and oxygen atoms in total. The Hall–Kier alpha value is -1.28. The van der Waals surface area contributed by atoms with E-state index in [0.717, 1.165) is 6.54 Å². The molecule has 0 bridgehead atoms. The molecule has 1 heterocycles. The summed E-state index contributed by atoms with van der Waals surface area (Å²) in [7, 11) is 0. The number of fused-ring (bicyclic) bond motifs is 1. The molecule has 2 heteroatoms. The number of aromatic amines is 1. The summed E-state index contributed by atoms with van der Waals surface area (Å²) in [5.41, 5.74) is 2.58. The summed E-state index contributed by atoms with van der Waals surface area (Å²) in [4.78, 5) is 3.32. The van der Waals surface area contributed by atoms with Crippen LogP contribution in [0.5, 0.6) is 0 Å². The Morgan fingerprint density at radius 2 is 2.00 bits per heavy atom. The van der Waals surface area contributed by atoms with Crippen LogP contribution in [0, 0.1) is 5.92 Å². The Labute approximate surface area is 103 Å². The summed E-state index contributed by atoms with van der Waals surface area (Å²) in [6.07, 6.45) is 3.30. The van der Waals surface area contributed by atoms with Crippen molar-refractivity contribution in [2.24, 2.45) is 5.92 Å². The molecule has 2 N–H and O–H groups in total. The quantitative estimate of drug-likeness (QED) is 0.805. The van der Waals surface area contributed by atoms with E-state index >= 15 is 0 Å². The Bertz CT molecular complexity index is 470. The van der Waals surface area contributed by atoms with Gasteiger partial charge in [0.2, 0.25) is 0 Å². The van der Waals surface area contributed by atoms with Gasteiger partial charge in [-0.25, -0.2) is 0 Å². The van der Waals surface area contributed by atoms with Crippen molar-refractivity contribution in [1.82, 2.24) is 10.3 Å². The second kappa shape index (κ2) is 5.37. The molecular weight excluding hydrogens is 208 g/mol. The van der Waals surface area contributed by atoms with Crippen molar-refractivity contribution >= 4 is 10.9 Å². The Morgan fingerprint density at radius 3 is 2.71 bits per heavy atom. The van der Waals surface area contributed by atoms with E-state index < -0.39 is 0 Å². The van der Waals surface area contributed by atoms with Crippen LogP contribution in [0.3, 0.4) is 0 Å². The fraction of sp³-hybridized carbons (Fsp3) is 0.467. The van der Waals surface area contributed by atoms with Gasteiger partial charge in [0.05, 0.1) is 0 Å². The number of aromatic nitrogens is 1.